The zero-order chi connectivity index (χ0) is 16.7. The summed E-state index contributed by atoms with van der Waals surface area (Å²) in [7, 11) is 0. The number of nitriles is 1. The third kappa shape index (κ3) is 5.25. The molecule has 0 atom stereocenters. The number of carbonyl (C=O) groups excluding carboxylic acids is 2. The topological polar surface area (TPSA) is 82.0 Å². The van der Waals surface area contributed by atoms with Crippen LogP contribution >= 0.6 is 0 Å². The van der Waals surface area contributed by atoms with Crippen molar-refractivity contribution in [1.29, 1.82) is 5.26 Å². The second-order valence-corrected chi connectivity index (χ2v) is 4.82. The molecule has 2 N–H and O–H groups in total. The molecule has 2 rings (SSSR count). The van der Waals surface area contributed by atoms with E-state index in [4.69, 9.17) is 5.26 Å². The van der Waals surface area contributed by atoms with Crippen molar-refractivity contribution in [1.82, 2.24) is 5.32 Å². The van der Waals surface area contributed by atoms with Crippen molar-refractivity contribution in [3.05, 3.63) is 65.5 Å². The van der Waals surface area contributed by atoms with Crippen molar-refractivity contribution in [2.24, 2.45) is 0 Å². The lowest BCUT2D eigenvalue weighted by molar-refractivity contribution is -0.123. The third-order valence-corrected chi connectivity index (χ3v) is 3.02. The van der Waals surface area contributed by atoms with Gasteiger partial charge < -0.3 is 10.6 Å². The molecule has 0 aromatic heterocycles. The molecule has 0 saturated carbocycles. The van der Waals surface area contributed by atoms with Gasteiger partial charge in [0.15, 0.2) is 0 Å². The van der Waals surface area contributed by atoms with Crippen LogP contribution in [0, 0.1) is 17.1 Å². The lowest BCUT2D eigenvalue weighted by atomic mass is 10.1. The van der Waals surface area contributed by atoms with E-state index in [1.165, 1.54) is 24.3 Å². The number of nitrogens with one attached hydrogen (secondary N) is 2. The van der Waals surface area contributed by atoms with Crippen LogP contribution in [-0.4, -0.2) is 18.4 Å². The Morgan fingerprint density at radius 1 is 1.00 bits per heavy atom. The quantitative estimate of drug-likeness (QED) is 0.886. The molecule has 0 aliphatic heterocycles. The maximum Gasteiger partial charge on any atom is 0.243 e. The third-order valence-electron chi connectivity index (χ3n) is 3.02. The zero-order valence-corrected chi connectivity index (χ0v) is 12.2. The molecule has 0 heterocycles. The summed E-state index contributed by atoms with van der Waals surface area (Å²) in [5, 5.41) is 13.8. The number of hydrogen-bond acceptors (Lipinski definition) is 3. The summed E-state index contributed by atoms with van der Waals surface area (Å²) in [5.41, 5.74) is 1.70. The lowest BCUT2D eigenvalue weighted by Crippen LogP contribution is -2.33. The molecule has 6 heteroatoms. The Kier molecular flexibility index (Phi) is 5.42. The summed E-state index contributed by atoms with van der Waals surface area (Å²) in [6.07, 6.45) is 0.0738. The predicted molar refractivity (Wildman–Crippen MR) is 82.9 cm³/mol. The Morgan fingerprint density at radius 2 is 1.65 bits per heavy atom. The Labute approximate surface area is 132 Å². The van der Waals surface area contributed by atoms with Crippen LogP contribution in [0.3, 0.4) is 0 Å². The standard InChI is InChI=1S/C17H14FN3O2/c18-14-5-1-12(2-6-14)9-16(22)20-11-17(23)21-15-7-3-13(10-19)4-8-15/h1-8H,9,11H2,(H,20,22)(H,21,23). The van der Waals surface area contributed by atoms with Gasteiger partial charge in [-0.25, -0.2) is 4.39 Å². The molecule has 0 fully saturated rings. The molecule has 0 unspecified atom stereocenters. The summed E-state index contributed by atoms with van der Waals surface area (Å²) in [6.45, 7) is -0.167. The number of carbonyl (C=O) groups is 2. The van der Waals surface area contributed by atoms with Crippen LogP contribution in [-0.2, 0) is 16.0 Å². The first-order chi connectivity index (χ1) is 11.1. The smallest absolute Gasteiger partial charge is 0.243 e. The summed E-state index contributed by atoms with van der Waals surface area (Å²) < 4.78 is 12.8. The first-order valence-corrected chi connectivity index (χ1v) is 6.88. The largest absolute Gasteiger partial charge is 0.347 e. The number of rotatable bonds is 5. The number of nitrogens with zero attached hydrogens (tertiary/aromatic N) is 1. The van der Waals surface area contributed by atoms with Crippen molar-refractivity contribution >= 4 is 17.5 Å². The molecule has 0 saturated heterocycles. The Hall–Kier alpha value is -3.20. The van der Waals surface area contributed by atoms with Gasteiger partial charge in [0.05, 0.1) is 24.6 Å². The van der Waals surface area contributed by atoms with Crippen molar-refractivity contribution in [2.45, 2.75) is 6.42 Å². The second kappa shape index (κ2) is 7.71. The molecule has 116 valence electrons. The molecule has 0 spiro atoms. The maximum absolute atomic E-state index is 12.8. The molecule has 2 amide bonds. The van der Waals surface area contributed by atoms with Crippen LogP contribution in [0.1, 0.15) is 11.1 Å². The minimum atomic E-state index is -0.373. The van der Waals surface area contributed by atoms with Crippen molar-refractivity contribution in [2.75, 3.05) is 11.9 Å². The highest BCUT2D eigenvalue weighted by atomic mass is 19.1. The van der Waals surface area contributed by atoms with Crippen LogP contribution in [0.15, 0.2) is 48.5 Å². The van der Waals surface area contributed by atoms with Gasteiger partial charge in [0.2, 0.25) is 11.8 Å². The lowest BCUT2D eigenvalue weighted by Gasteiger charge is -2.07. The van der Waals surface area contributed by atoms with Crippen LogP contribution in [0.5, 0.6) is 0 Å². The Morgan fingerprint density at radius 3 is 2.26 bits per heavy atom. The van der Waals surface area contributed by atoms with Gasteiger partial charge in [-0.2, -0.15) is 5.26 Å². The Balaban J connectivity index is 1.78. The normalized spacial score (nSPS) is 9.74. The van der Waals surface area contributed by atoms with E-state index in [0.29, 0.717) is 16.8 Å². The Bertz CT molecular complexity index is 734. The predicted octanol–water partition coefficient (Wildman–Crippen LogP) is 1.99. The van der Waals surface area contributed by atoms with Gasteiger partial charge >= 0.3 is 0 Å². The van der Waals surface area contributed by atoms with Crippen LogP contribution < -0.4 is 10.6 Å². The molecule has 0 bridgehead atoms. The van der Waals surface area contributed by atoms with Gasteiger partial charge in [-0.1, -0.05) is 12.1 Å². The van der Waals surface area contributed by atoms with Crippen molar-refractivity contribution in [3.8, 4) is 6.07 Å². The number of amides is 2. The van der Waals surface area contributed by atoms with E-state index < -0.39 is 0 Å². The zero-order valence-electron chi connectivity index (χ0n) is 12.2. The van der Waals surface area contributed by atoms with E-state index in [0.717, 1.165) is 0 Å². The van der Waals surface area contributed by atoms with Crippen molar-refractivity contribution < 1.29 is 14.0 Å². The summed E-state index contributed by atoms with van der Waals surface area (Å²) >= 11 is 0. The number of benzene rings is 2. The molecule has 0 aliphatic carbocycles. The van der Waals surface area contributed by atoms with Gasteiger partial charge in [-0.05, 0) is 42.0 Å². The molecule has 5 nitrogen and oxygen atoms in total. The number of halogens is 1. The fourth-order valence-corrected chi connectivity index (χ4v) is 1.86. The minimum Gasteiger partial charge on any atom is -0.347 e. The minimum absolute atomic E-state index is 0.0738. The maximum atomic E-state index is 12.8. The number of hydrogen-bond donors (Lipinski definition) is 2. The first kappa shape index (κ1) is 16.2. The van der Waals surface area contributed by atoms with Gasteiger partial charge in [-0.3, -0.25) is 9.59 Å². The van der Waals surface area contributed by atoms with Gasteiger partial charge in [0, 0.05) is 5.69 Å². The average molecular weight is 311 g/mol. The highest BCUT2D eigenvalue weighted by molar-refractivity contribution is 5.94. The van der Waals surface area contributed by atoms with Crippen LogP contribution in [0.2, 0.25) is 0 Å². The first-order valence-electron chi connectivity index (χ1n) is 6.88. The van der Waals surface area contributed by atoms with E-state index in [1.54, 1.807) is 24.3 Å². The van der Waals surface area contributed by atoms with E-state index >= 15 is 0 Å². The molecule has 0 radical (unpaired) electrons. The van der Waals surface area contributed by atoms with E-state index in [2.05, 4.69) is 10.6 Å². The van der Waals surface area contributed by atoms with Crippen LogP contribution in [0.25, 0.3) is 0 Å². The molecule has 23 heavy (non-hydrogen) atoms. The van der Waals surface area contributed by atoms with Crippen molar-refractivity contribution in [3.63, 3.8) is 0 Å². The molecule has 2 aromatic carbocycles. The highest BCUT2D eigenvalue weighted by Crippen LogP contribution is 2.08. The summed E-state index contributed by atoms with van der Waals surface area (Å²) in [5.74, 6) is -1.07. The molecular formula is C17H14FN3O2. The summed E-state index contributed by atoms with van der Waals surface area (Å²) in [4.78, 5) is 23.4. The van der Waals surface area contributed by atoms with E-state index in [-0.39, 0.29) is 30.6 Å². The highest BCUT2D eigenvalue weighted by Gasteiger charge is 2.07. The van der Waals surface area contributed by atoms with Gasteiger partial charge in [0.1, 0.15) is 5.82 Å². The summed E-state index contributed by atoms with van der Waals surface area (Å²) in [6, 6.07) is 14.0. The monoisotopic (exact) mass is 311 g/mol. The second-order valence-electron chi connectivity index (χ2n) is 4.82. The van der Waals surface area contributed by atoms with E-state index in [1.807, 2.05) is 6.07 Å². The van der Waals surface area contributed by atoms with Gasteiger partial charge in [0.25, 0.3) is 0 Å². The average Bonchev–Trinajstić information content (AvgIpc) is 2.56. The van der Waals surface area contributed by atoms with Gasteiger partial charge in [-0.15, -0.1) is 0 Å². The van der Waals surface area contributed by atoms with E-state index in [9.17, 15) is 14.0 Å². The number of anilines is 1. The molecule has 0 aliphatic rings. The molecular weight excluding hydrogens is 297 g/mol. The SMILES string of the molecule is N#Cc1ccc(NC(=O)CNC(=O)Cc2ccc(F)cc2)cc1. The van der Waals surface area contributed by atoms with Crippen LogP contribution in [0.4, 0.5) is 10.1 Å². The fourth-order valence-electron chi connectivity index (χ4n) is 1.86. The molecule has 2 aromatic rings. The fraction of sp³-hybridized carbons (Fsp3) is 0.118.